The van der Waals surface area contributed by atoms with Crippen LogP contribution in [0, 0.1) is 5.82 Å². The van der Waals surface area contributed by atoms with Gasteiger partial charge in [-0.05, 0) is 43.4 Å². The van der Waals surface area contributed by atoms with Gasteiger partial charge in [-0.2, -0.15) is 0 Å². The molecule has 1 unspecified atom stereocenters. The molecule has 1 saturated carbocycles. The summed E-state index contributed by atoms with van der Waals surface area (Å²) in [7, 11) is 0. The third kappa shape index (κ3) is 3.13. The predicted octanol–water partition coefficient (Wildman–Crippen LogP) is 1.72. The highest BCUT2D eigenvalue weighted by Gasteiger charge is 2.35. The van der Waals surface area contributed by atoms with Crippen LogP contribution in [0.1, 0.15) is 24.8 Å². The van der Waals surface area contributed by atoms with Crippen LogP contribution in [0.25, 0.3) is 0 Å². The molecule has 0 bridgehead atoms. The molecule has 2 aliphatic rings. The van der Waals surface area contributed by atoms with Crippen LogP contribution in [0.5, 0.6) is 0 Å². The van der Waals surface area contributed by atoms with Gasteiger partial charge in [0.05, 0.1) is 6.04 Å². The first-order chi connectivity index (χ1) is 9.22. The van der Waals surface area contributed by atoms with E-state index in [1.54, 1.807) is 12.1 Å². The highest BCUT2D eigenvalue weighted by atomic mass is 19.1. The average molecular weight is 262 g/mol. The second kappa shape index (κ2) is 5.29. The number of nitrogens with one attached hydrogen (secondary N) is 1. The first-order valence-corrected chi connectivity index (χ1v) is 7.01. The smallest absolute Gasteiger partial charge is 0.239 e. The average Bonchev–Trinajstić information content (AvgIpc) is 3.16. The van der Waals surface area contributed by atoms with E-state index in [1.165, 1.54) is 25.0 Å². The summed E-state index contributed by atoms with van der Waals surface area (Å²) in [5, 5.41) is 3.40. The molecule has 0 spiro atoms. The number of likely N-dealkylation sites (tertiary alicyclic amines) is 1. The van der Waals surface area contributed by atoms with E-state index in [4.69, 9.17) is 0 Å². The van der Waals surface area contributed by atoms with Crippen molar-refractivity contribution in [3.05, 3.63) is 35.6 Å². The number of carbonyl (C=O) groups is 1. The van der Waals surface area contributed by atoms with Gasteiger partial charge in [-0.15, -0.1) is 0 Å². The molecule has 3 rings (SSSR count). The van der Waals surface area contributed by atoms with Gasteiger partial charge in [0.1, 0.15) is 5.82 Å². The summed E-state index contributed by atoms with van der Waals surface area (Å²) in [5.74, 6) is 0.0173. The van der Waals surface area contributed by atoms with Gasteiger partial charge in [-0.3, -0.25) is 4.79 Å². The molecule has 1 heterocycles. The second-order valence-corrected chi connectivity index (χ2v) is 5.48. The van der Waals surface area contributed by atoms with E-state index >= 15 is 0 Å². The first-order valence-electron chi connectivity index (χ1n) is 7.01. The summed E-state index contributed by atoms with van der Waals surface area (Å²) in [6, 6.07) is 7.12. The third-order valence-corrected chi connectivity index (χ3v) is 3.90. The molecule has 1 aromatic rings. The Bertz CT molecular complexity index is 456. The number of amides is 1. The molecular formula is C15H19FN2O. The van der Waals surface area contributed by atoms with Crippen molar-refractivity contribution in [1.82, 2.24) is 10.2 Å². The zero-order chi connectivity index (χ0) is 13.2. The Labute approximate surface area is 112 Å². The number of hydrogen-bond acceptors (Lipinski definition) is 2. The van der Waals surface area contributed by atoms with Gasteiger partial charge >= 0.3 is 0 Å². The fourth-order valence-electron chi connectivity index (χ4n) is 2.57. The van der Waals surface area contributed by atoms with Crippen LogP contribution in [0.3, 0.4) is 0 Å². The zero-order valence-corrected chi connectivity index (χ0v) is 10.9. The van der Waals surface area contributed by atoms with Gasteiger partial charge in [-0.1, -0.05) is 12.1 Å². The Balaban J connectivity index is 1.50. The van der Waals surface area contributed by atoms with Crippen LogP contribution in [0.2, 0.25) is 0 Å². The molecule has 3 nitrogen and oxygen atoms in total. The maximum Gasteiger partial charge on any atom is 0.239 e. The lowest BCUT2D eigenvalue weighted by Gasteiger charge is -2.17. The number of carbonyl (C=O) groups excluding carboxylic acids is 1. The normalized spacial score (nSPS) is 23.1. The molecule has 4 heteroatoms. The molecule has 19 heavy (non-hydrogen) atoms. The molecule has 1 atom stereocenters. The summed E-state index contributed by atoms with van der Waals surface area (Å²) < 4.78 is 12.8. The van der Waals surface area contributed by atoms with E-state index in [0.717, 1.165) is 31.5 Å². The maximum atomic E-state index is 12.8. The van der Waals surface area contributed by atoms with Gasteiger partial charge in [0.25, 0.3) is 0 Å². The highest BCUT2D eigenvalue weighted by Crippen LogP contribution is 2.22. The van der Waals surface area contributed by atoms with E-state index < -0.39 is 0 Å². The summed E-state index contributed by atoms with van der Waals surface area (Å²) in [4.78, 5) is 14.1. The van der Waals surface area contributed by atoms with Crippen molar-refractivity contribution >= 4 is 5.91 Å². The van der Waals surface area contributed by atoms with Crippen LogP contribution < -0.4 is 5.32 Å². The number of hydrogen-bond donors (Lipinski definition) is 1. The van der Waals surface area contributed by atoms with Gasteiger partial charge in [0, 0.05) is 19.1 Å². The van der Waals surface area contributed by atoms with Crippen LogP contribution in [0.15, 0.2) is 24.3 Å². The van der Waals surface area contributed by atoms with Gasteiger partial charge < -0.3 is 10.2 Å². The molecule has 1 saturated heterocycles. The Morgan fingerprint density at radius 2 is 1.95 bits per heavy atom. The molecule has 2 fully saturated rings. The minimum absolute atomic E-state index is 0.0284. The molecule has 0 aromatic heterocycles. The predicted molar refractivity (Wildman–Crippen MR) is 71.2 cm³/mol. The minimum Gasteiger partial charge on any atom is -0.341 e. The summed E-state index contributed by atoms with van der Waals surface area (Å²) in [5.41, 5.74) is 1.08. The Morgan fingerprint density at radius 3 is 2.63 bits per heavy atom. The van der Waals surface area contributed by atoms with Crippen LogP contribution in [-0.4, -0.2) is 36.0 Å². The second-order valence-electron chi connectivity index (χ2n) is 5.48. The van der Waals surface area contributed by atoms with E-state index in [0.29, 0.717) is 6.04 Å². The number of benzene rings is 1. The molecule has 1 aliphatic heterocycles. The lowest BCUT2D eigenvalue weighted by Crippen LogP contribution is -2.39. The fraction of sp³-hybridized carbons (Fsp3) is 0.533. The number of rotatable bonds is 5. The van der Waals surface area contributed by atoms with Crippen molar-refractivity contribution in [2.75, 3.05) is 13.1 Å². The van der Waals surface area contributed by atoms with Crippen LogP contribution in [0.4, 0.5) is 4.39 Å². The minimum atomic E-state index is -0.213. The lowest BCUT2D eigenvalue weighted by atomic mass is 10.1. The summed E-state index contributed by atoms with van der Waals surface area (Å²) in [6.07, 6.45) is 4.12. The largest absolute Gasteiger partial charge is 0.341 e. The molecule has 102 valence electrons. The van der Waals surface area contributed by atoms with Gasteiger partial charge in [-0.25, -0.2) is 4.39 Å². The van der Waals surface area contributed by atoms with Crippen molar-refractivity contribution in [3.8, 4) is 0 Å². The van der Waals surface area contributed by atoms with Gasteiger partial charge in [0.2, 0.25) is 5.91 Å². The quantitative estimate of drug-likeness (QED) is 0.876. The standard InChI is InChI=1S/C15H19FN2O/c16-12-3-1-11(2-4-12)7-9-18-10-8-14(15(18)19)17-13-5-6-13/h1-4,13-14,17H,5-10H2. The van der Waals surface area contributed by atoms with Crippen molar-refractivity contribution in [1.29, 1.82) is 0 Å². The summed E-state index contributed by atoms with van der Waals surface area (Å²) >= 11 is 0. The number of halogens is 1. The van der Waals surface area contributed by atoms with E-state index in [2.05, 4.69) is 5.32 Å². The van der Waals surface area contributed by atoms with Crippen molar-refractivity contribution < 1.29 is 9.18 Å². The topological polar surface area (TPSA) is 32.3 Å². The third-order valence-electron chi connectivity index (χ3n) is 3.90. The van der Waals surface area contributed by atoms with E-state index in [-0.39, 0.29) is 17.8 Å². The van der Waals surface area contributed by atoms with Crippen molar-refractivity contribution in [3.63, 3.8) is 0 Å². The molecule has 1 aliphatic carbocycles. The van der Waals surface area contributed by atoms with Crippen LogP contribution >= 0.6 is 0 Å². The first kappa shape index (κ1) is 12.6. The Kier molecular flexibility index (Phi) is 3.51. The highest BCUT2D eigenvalue weighted by molar-refractivity contribution is 5.84. The molecule has 1 amide bonds. The lowest BCUT2D eigenvalue weighted by molar-refractivity contribution is -0.129. The SMILES string of the molecule is O=C1C(NC2CC2)CCN1CCc1ccc(F)cc1. The van der Waals surface area contributed by atoms with Crippen molar-refractivity contribution in [2.45, 2.75) is 37.8 Å². The summed E-state index contributed by atoms with van der Waals surface area (Å²) in [6.45, 7) is 1.57. The molecule has 0 radical (unpaired) electrons. The molecule has 1 aromatic carbocycles. The monoisotopic (exact) mass is 262 g/mol. The Morgan fingerprint density at radius 1 is 1.21 bits per heavy atom. The molecule has 1 N–H and O–H groups in total. The maximum absolute atomic E-state index is 12.8. The fourth-order valence-corrected chi connectivity index (χ4v) is 2.57. The molecular weight excluding hydrogens is 243 g/mol. The van der Waals surface area contributed by atoms with E-state index in [1.807, 2.05) is 4.90 Å². The van der Waals surface area contributed by atoms with E-state index in [9.17, 15) is 9.18 Å². The Hall–Kier alpha value is -1.42. The van der Waals surface area contributed by atoms with Gasteiger partial charge in [0.15, 0.2) is 0 Å². The zero-order valence-electron chi connectivity index (χ0n) is 10.9. The van der Waals surface area contributed by atoms with Crippen molar-refractivity contribution in [2.24, 2.45) is 0 Å². The number of nitrogens with zero attached hydrogens (tertiary/aromatic N) is 1. The van der Waals surface area contributed by atoms with Crippen LogP contribution in [-0.2, 0) is 11.2 Å².